The van der Waals surface area contributed by atoms with Crippen LogP contribution in [0.5, 0.6) is 0 Å². The Hall–Kier alpha value is -2.24. The molecule has 0 radical (unpaired) electrons. The average molecular weight is 387 g/mol. The predicted octanol–water partition coefficient (Wildman–Crippen LogP) is 3.28. The molecule has 1 heterocycles. The maximum atomic E-state index is 12.0. The first-order chi connectivity index (χ1) is 13.3. The van der Waals surface area contributed by atoms with Gasteiger partial charge in [0, 0.05) is 32.1 Å². The van der Waals surface area contributed by atoms with Gasteiger partial charge in [0.2, 0.25) is 0 Å². The molecular weight excluding hydrogens is 352 g/mol. The number of carbonyl (C=O) groups is 1. The zero-order valence-corrected chi connectivity index (χ0v) is 17.6. The summed E-state index contributed by atoms with van der Waals surface area (Å²) in [4.78, 5) is 18.7. The second-order valence-corrected chi connectivity index (χ2v) is 8.98. The molecule has 0 aromatic heterocycles. The van der Waals surface area contributed by atoms with Crippen LogP contribution in [0.3, 0.4) is 0 Å². The van der Waals surface area contributed by atoms with E-state index in [2.05, 4.69) is 50.9 Å². The van der Waals surface area contributed by atoms with Gasteiger partial charge >= 0.3 is 6.09 Å². The van der Waals surface area contributed by atoms with Gasteiger partial charge < -0.3 is 20.3 Å². The van der Waals surface area contributed by atoms with Crippen molar-refractivity contribution in [2.24, 2.45) is 4.99 Å². The summed E-state index contributed by atoms with van der Waals surface area (Å²) in [6.45, 7) is 8.15. The van der Waals surface area contributed by atoms with Gasteiger partial charge in [0.25, 0.3) is 0 Å². The topological polar surface area (TPSA) is 66.0 Å². The molecule has 2 N–H and O–H groups in total. The third kappa shape index (κ3) is 4.97. The van der Waals surface area contributed by atoms with Gasteiger partial charge in [-0.2, -0.15) is 0 Å². The molecule has 1 amide bonds. The van der Waals surface area contributed by atoms with E-state index < -0.39 is 5.60 Å². The van der Waals surface area contributed by atoms with E-state index in [-0.39, 0.29) is 17.6 Å². The van der Waals surface area contributed by atoms with Crippen molar-refractivity contribution in [2.45, 2.75) is 63.5 Å². The fourth-order valence-corrected chi connectivity index (χ4v) is 4.09. The Bertz CT molecular complexity index is 692. The number of guanidine groups is 1. The molecule has 2 fully saturated rings. The molecule has 2 aliphatic rings. The highest BCUT2D eigenvalue weighted by Crippen LogP contribution is 2.43. The fraction of sp³-hybridized carbons (Fsp3) is 0.636. The van der Waals surface area contributed by atoms with E-state index in [0.717, 1.165) is 32.0 Å². The van der Waals surface area contributed by atoms with Gasteiger partial charge in [0.15, 0.2) is 5.96 Å². The van der Waals surface area contributed by atoms with E-state index in [9.17, 15) is 4.79 Å². The van der Waals surface area contributed by atoms with Crippen LogP contribution in [-0.4, -0.2) is 55.3 Å². The number of nitrogens with zero attached hydrogens (tertiary/aromatic N) is 2. The molecule has 154 valence electrons. The first-order valence-corrected chi connectivity index (χ1v) is 10.3. The summed E-state index contributed by atoms with van der Waals surface area (Å²) in [5.41, 5.74) is 1.15. The van der Waals surface area contributed by atoms with Gasteiger partial charge in [-0.25, -0.2) is 4.79 Å². The van der Waals surface area contributed by atoms with Crippen LogP contribution in [0.2, 0.25) is 0 Å². The minimum atomic E-state index is -0.478. The Labute approximate surface area is 168 Å². The van der Waals surface area contributed by atoms with Crippen LogP contribution >= 0.6 is 0 Å². The molecule has 1 unspecified atom stereocenters. The largest absolute Gasteiger partial charge is 0.444 e. The summed E-state index contributed by atoms with van der Waals surface area (Å²) < 4.78 is 5.37. The number of ether oxygens (including phenoxy) is 1. The number of alkyl carbamates (subject to hydrolysis) is 1. The molecule has 3 rings (SSSR count). The Morgan fingerprint density at radius 2 is 2.00 bits per heavy atom. The van der Waals surface area contributed by atoms with Crippen molar-refractivity contribution in [1.29, 1.82) is 0 Å². The summed E-state index contributed by atoms with van der Waals surface area (Å²) in [6.07, 6.45) is 4.25. The summed E-state index contributed by atoms with van der Waals surface area (Å²) in [7, 11) is 1.83. The van der Waals surface area contributed by atoms with Gasteiger partial charge in [0.05, 0.1) is 6.04 Å². The van der Waals surface area contributed by atoms with Gasteiger partial charge in [-0.3, -0.25) is 4.99 Å². The lowest BCUT2D eigenvalue weighted by atomic mass is 9.64. The van der Waals surface area contributed by atoms with Crippen LogP contribution in [0.4, 0.5) is 4.79 Å². The number of likely N-dealkylation sites (tertiary alicyclic amines) is 1. The summed E-state index contributed by atoms with van der Waals surface area (Å²) in [5.74, 6) is 0.913. The number of benzene rings is 1. The maximum Gasteiger partial charge on any atom is 0.407 e. The Morgan fingerprint density at radius 1 is 1.29 bits per heavy atom. The van der Waals surface area contributed by atoms with Crippen molar-refractivity contribution in [3.63, 3.8) is 0 Å². The molecule has 6 nitrogen and oxygen atoms in total. The van der Waals surface area contributed by atoms with Gasteiger partial charge in [-0.1, -0.05) is 36.8 Å². The van der Waals surface area contributed by atoms with Crippen LogP contribution < -0.4 is 10.6 Å². The van der Waals surface area contributed by atoms with Crippen LogP contribution in [0.1, 0.15) is 52.0 Å². The average Bonchev–Trinajstić information content (AvgIpc) is 3.04. The standard InChI is InChI=1S/C22H34N4O2/c1-21(2,3)28-20(27)25-18-11-14-26(15-18)19(23-4)24-16-22(12-8-13-22)17-9-6-5-7-10-17/h5-7,9-10,18H,8,11-16H2,1-4H3,(H,23,24)(H,25,27). The quantitative estimate of drug-likeness (QED) is 0.616. The third-order valence-electron chi connectivity index (χ3n) is 5.70. The zero-order valence-electron chi connectivity index (χ0n) is 17.6. The highest BCUT2D eigenvalue weighted by Gasteiger charge is 2.39. The zero-order chi connectivity index (χ0) is 20.2. The van der Waals surface area contributed by atoms with Crippen LogP contribution in [0, 0.1) is 0 Å². The van der Waals surface area contributed by atoms with Crippen molar-refractivity contribution in [2.75, 3.05) is 26.7 Å². The molecule has 1 atom stereocenters. The van der Waals surface area contributed by atoms with Crippen LogP contribution in [0.15, 0.2) is 35.3 Å². The first-order valence-electron chi connectivity index (χ1n) is 10.3. The fourth-order valence-electron chi connectivity index (χ4n) is 4.09. The third-order valence-corrected chi connectivity index (χ3v) is 5.70. The molecule has 1 aliphatic heterocycles. The molecular formula is C22H34N4O2. The Kier molecular flexibility index (Phi) is 6.16. The van der Waals surface area contributed by atoms with Crippen molar-refractivity contribution in [3.05, 3.63) is 35.9 Å². The van der Waals surface area contributed by atoms with E-state index in [1.54, 1.807) is 0 Å². The van der Waals surface area contributed by atoms with E-state index in [1.165, 1.54) is 24.8 Å². The van der Waals surface area contributed by atoms with Gasteiger partial charge in [-0.05, 0) is 45.6 Å². The molecule has 1 aliphatic carbocycles. The lowest BCUT2D eigenvalue weighted by Crippen LogP contribution is -2.50. The van der Waals surface area contributed by atoms with Crippen molar-refractivity contribution in [1.82, 2.24) is 15.5 Å². The summed E-state index contributed by atoms with van der Waals surface area (Å²) in [5, 5.41) is 6.58. The maximum absolute atomic E-state index is 12.0. The number of amides is 1. The highest BCUT2D eigenvalue weighted by atomic mass is 16.6. The summed E-state index contributed by atoms with van der Waals surface area (Å²) >= 11 is 0. The van der Waals surface area contributed by atoms with Crippen molar-refractivity contribution in [3.8, 4) is 0 Å². The van der Waals surface area contributed by atoms with Crippen LogP contribution in [0.25, 0.3) is 0 Å². The number of hydrogen-bond donors (Lipinski definition) is 2. The molecule has 1 aromatic rings. The smallest absolute Gasteiger partial charge is 0.407 e. The normalized spacial score (nSPS) is 21.8. The SMILES string of the molecule is CN=C(NCC1(c2ccccc2)CCC1)N1CCC(NC(=O)OC(C)(C)C)C1. The lowest BCUT2D eigenvalue weighted by molar-refractivity contribution is 0.0507. The number of rotatable bonds is 4. The molecule has 0 spiro atoms. The molecule has 1 aromatic carbocycles. The lowest BCUT2D eigenvalue weighted by Gasteiger charge is -2.43. The number of aliphatic imine (C=N–C) groups is 1. The van der Waals surface area contributed by atoms with Gasteiger partial charge in [-0.15, -0.1) is 0 Å². The van der Waals surface area contributed by atoms with E-state index in [4.69, 9.17) is 4.74 Å². The Morgan fingerprint density at radius 3 is 2.57 bits per heavy atom. The second-order valence-electron chi connectivity index (χ2n) is 8.98. The first kappa shape index (κ1) is 20.5. The molecule has 0 bridgehead atoms. The van der Waals surface area contributed by atoms with E-state index in [0.29, 0.717) is 0 Å². The number of carbonyl (C=O) groups excluding carboxylic acids is 1. The highest BCUT2D eigenvalue weighted by molar-refractivity contribution is 5.80. The molecule has 6 heteroatoms. The molecule has 1 saturated carbocycles. The predicted molar refractivity (Wildman–Crippen MR) is 113 cm³/mol. The minimum absolute atomic E-state index is 0.0835. The number of hydrogen-bond acceptors (Lipinski definition) is 3. The second kappa shape index (κ2) is 8.41. The molecule has 28 heavy (non-hydrogen) atoms. The van der Waals surface area contributed by atoms with E-state index >= 15 is 0 Å². The van der Waals surface area contributed by atoms with Crippen LogP contribution in [-0.2, 0) is 10.2 Å². The Balaban J connectivity index is 1.53. The molecule has 1 saturated heterocycles. The van der Waals surface area contributed by atoms with Gasteiger partial charge in [0.1, 0.15) is 5.60 Å². The minimum Gasteiger partial charge on any atom is -0.444 e. The van der Waals surface area contributed by atoms with E-state index in [1.807, 2.05) is 27.8 Å². The van der Waals surface area contributed by atoms with Crippen molar-refractivity contribution < 1.29 is 9.53 Å². The monoisotopic (exact) mass is 386 g/mol. The number of nitrogens with one attached hydrogen (secondary N) is 2. The van der Waals surface area contributed by atoms with Crippen molar-refractivity contribution >= 4 is 12.1 Å². The summed E-state index contributed by atoms with van der Waals surface area (Å²) in [6, 6.07) is 10.9.